The van der Waals surface area contributed by atoms with Gasteiger partial charge < -0.3 is 9.55 Å². The highest BCUT2D eigenvalue weighted by Gasteiger charge is 2.22. The summed E-state index contributed by atoms with van der Waals surface area (Å²) in [6, 6.07) is 3.43. The molecule has 1 aromatic heterocycles. The minimum atomic E-state index is -0.171. The molecule has 1 aliphatic carbocycles. The zero-order valence-corrected chi connectivity index (χ0v) is 13.7. The van der Waals surface area contributed by atoms with Gasteiger partial charge in [0.15, 0.2) is 4.77 Å². The van der Waals surface area contributed by atoms with Crippen LogP contribution in [-0.4, -0.2) is 9.55 Å². The van der Waals surface area contributed by atoms with Gasteiger partial charge in [-0.15, -0.1) is 0 Å². The molecule has 0 spiro atoms. The lowest BCUT2D eigenvalue weighted by atomic mass is 10.1. The van der Waals surface area contributed by atoms with Crippen LogP contribution in [-0.2, 0) is 6.54 Å². The van der Waals surface area contributed by atoms with E-state index in [-0.39, 0.29) is 5.82 Å². The molecule has 2 unspecified atom stereocenters. The number of imidazole rings is 1. The lowest BCUT2D eigenvalue weighted by molar-refractivity contribution is 0.444. The van der Waals surface area contributed by atoms with Gasteiger partial charge in [-0.3, -0.25) is 0 Å². The summed E-state index contributed by atoms with van der Waals surface area (Å²) in [6.07, 6.45) is 3.80. The number of fused-ring (bicyclic) bond motifs is 1. The van der Waals surface area contributed by atoms with E-state index in [0.717, 1.165) is 23.5 Å². The predicted octanol–water partition coefficient (Wildman–Crippen LogP) is 4.88. The molecule has 2 atom stereocenters. The molecule has 0 amide bonds. The van der Waals surface area contributed by atoms with Crippen molar-refractivity contribution in [3.05, 3.63) is 26.3 Å². The third-order valence-corrected chi connectivity index (χ3v) is 5.21. The van der Waals surface area contributed by atoms with Crippen molar-refractivity contribution in [2.45, 2.75) is 32.7 Å². The Bertz CT molecular complexity index is 676. The summed E-state index contributed by atoms with van der Waals surface area (Å²) in [4.78, 5) is 3.19. The Morgan fingerprint density at radius 2 is 2.26 bits per heavy atom. The van der Waals surface area contributed by atoms with Gasteiger partial charge in [0.1, 0.15) is 5.82 Å². The van der Waals surface area contributed by atoms with E-state index in [1.807, 2.05) is 28.7 Å². The Balaban J connectivity index is 2.01. The zero-order chi connectivity index (χ0) is 13.6. The standard InChI is InChI=1S/C14H16FIN2S/c1-8-2-3-9(4-8)7-18-13-5-10(15)11(16)6-12(13)17-14(18)19/h5-6,8-9H,2-4,7H2,1H3,(H,17,19). The first-order valence-corrected chi connectivity index (χ1v) is 8.11. The molecule has 1 saturated carbocycles. The summed E-state index contributed by atoms with van der Waals surface area (Å²) in [6.45, 7) is 3.21. The summed E-state index contributed by atoms with van der Waals surface area (Å²) in [5.74, 6) is 1.31. The van der Waals surface area contributed by atoms with Crippen LogP contribution in [0.2, 0.25) is 0 Å². The third kappa shape index (κ3) is 2.59. The van der Waals surface area contributed by atoms with Crippen LogP contribution in [0.3, 0.4) is 0 Å². The Morgan fingerprint density at radius 1 is 1.47 bits per heavy atom. The number of nitrogens with one attached hydrogen (secondary N) is 1. The second-order valence-electron chi connectivity index (χ2n) is 5.61. The highest BCUT2D eigenvalue weighted by Crippen LogP contribution is 2.32. The second-order valence-corrected chi connectivity index (χ2v) is 7.16. The van der Waals surface area contributed by atoms with Gasteiger partial charge in [0.25, 0.3) is 0 Å². The number of hydrogen-bond acceptors (Lipinski definition) is 1. The van der Waals surface area contributed by atoms with E-state index in [1.165, 1.54) is 19.3 Å². The van der Waals surface area contributed by atoms with Crippen LogP contribution >= 0.6 is 34.8 Å². The Labute approximate surface area is 130 Å². The van der Waals surface area contributed by atoms with Crippen molar-refractivity contribution in [1.29, 1.82) is 0 Å². The molecule has 0 aliphatic heterocycles. The van der Waals surface area contributed by atoms with E-state index in [0.29, 0.717) is 14.3 Å². The molecule has 102 valence electrons. The number of nitrogens with zero attached hydrogens (tertiary/aromatic N) is 1. The van der Waals surface area contributed by atoms with Gasteiger partial charge in [-0.25, -0.2) is 4.39 Å². The van der Waals surface area contributed by atoms with Gasteiger partial charge in [-0.2, -0.15) is 0 Å². The number of H-pyrrole nitrogens is 1. The molecule has 0 bridgehead atoms. The number of rotatable bonds is 2. The molecule has 2 nitrogen and oxygen atoms in total. The molecular formula is C14H16FIN2S. The monoisotopic (exact) mass is 390 g/mol. The van der Waals surface area contributed by atoms with Gasteiger partial charge in [0.2, 0.25) is 0 Å². The van der Waals surface area contributed by atoms with Crippen molar-refractivity contribution >= 4 is 45.8 Å². The summed E-state index contributed by atoms with van der Waals surface area (Å²) in [5.41, 5.74) is 1.82. The summed E-state index contributed by atoms with van der Waals surface area (Å²) in [7, 11) is 0. The Hall–Kier alpha value is -0.430. The van der Waals surface area contributed by atoms with Crippen LogP contribution in [0.4, 0.5) is 4.39 Å². The first kappa shape index (κ1) is 13.5. The van der Waals surface area contributed by atoms with Crippen molar-refractivity contribution in [2.24, 2.45) is 11.8 Å². The van der Waals surface area contributed by atoms with E-state index in [2.05, 4.69) is 16.5 Å². The van der Waals surface area contributed by atoms with Gasteiger partial charge >= 0.3 is 0 Å². The number of halogens is 2. The molecule has 3 rings (SSSR count). The molecular weight excluding hydrogens is 374 g/mol. The predicted molar refractivity (Wildman–Crippen MR) is 86.3 cm³/mol. The van der Waals surface area contributed by atoms with Crippen molar-refractivity contribution in [1.82, 2.24) is 9.55 Å². The largest absolute Gasteiger partial charge is 0.331 e. The van der Waals surface area contributed by atoms with Crippen LogP contribution < -0.4 is 0 Å². The number of aromatic amines is 1. The highest BCUT2D eigenvalue weighted by atomic mass is 127. The van der Waals surface area contributed by atoms with Crippen LogP contribution in [0.25, 0.3) is 11.0 Å². The first-order chi connectivity index (χ1) is 9.04. The maximum Gasteiger partial charge on any atom is 0.178 e. The molecule has 1 heterocycles. The molecule has 2 aromatic rings. The first-order valence-electron chi connectivity index (χ1n) is 6.62. The van der Waals surface area contributed by atoms with E-state index in [9.17, 15) is 4.39 Å². The van der Waals surface area contributed by atoms with E-state index in [1.54, 1.807) is 6.07 Å². The molecule has 1 fully saturated rings. The minimum absolute atomic E-state index is 0.171. The van der Waals surface area contributed by atoms with Gasteiger partial charge in [-0.1, -0.05) is 13.3 Å². The normalized spacial score (nSPS) is 23.3. The summed E-state index contributed by atoms with van der Waals surface area (Å²) in [5, 5.41) is 0. The van der Waals surface area contributed by atoms with Gasteiger partial charge in [0.05, 0.1) is 14.6 Å². The maximum absolute atomic E-state index is 13.7. The molecule has 19 heavy (non-hydrogen) atoms. The molecule has 0 radical (unpaired) electrons. The number of hydrogen-bond donors (Lipinski definition) is 1. The number of benzene rings is 1. The fraction of sp³-hybridized carbons (Fsp3) is 0.500. The average molecular weight is 390 g/mol. The summed E-state index contributed by atoms with van der Waals surface area (Å²) < 4.78 is 17.1. The van der Waals surface area contributed by atoms with E-state index in [4.69, 9.17) is 12.2 Å². The number of aromatic nitrogens is 2. The van der Waals surface area contributed by atoms with Crippen LogP contribution in [0, 0.1) is 26.0 Å². The second kappa shape index (κ2) is 5.16. The van der Waals surface area contributed by atoms with Crippen LogP contribution in [0.1, 0.15) is 26.2 Å². The maximum atomic E-state index is 13.7. The lowest BCUT2D eigenvalue weighted by Crippen LogP contribution is -2.08. The SMILES string of the molecule is CC1CCC(Cn2c(=S)[nH]c3cc(I)c(F)cc32)C1. The lowest BCUT2D eigenvalue weighted by Gasteiger charge is -2.11. The fourth-order valence-corrected chi connectivity index (χ4v) is 3.83. The molecule has 5 heteroatoms. The van der Waals surface area contributed by atoms with E-state index >= 15 is 0 Å². The molecule has 1 aromatic carbocycles. The Morgan fingerprint density at radius 3 is 2.95 bits per heavy atom. The quantitative estimate of drug-likeness (QED) is 0.573. The fourth-order valence-electron chi connectivity index (χ4n) is 3.08. The smallest absolute Gasteiger partial charge is 0.178 e. The summed E-state index contributed by atoms with van der Waals surface area (Å²) >= 11 is 7.39. The highest BCUT2D eigenvalue weighted by molar-refractivity contribution is 14.1. The van der Waals surface area contributed by atoms with E-state index < -0.39 is 0 Å². The third-order valence-electron chi connectivity index (χ3n) is 4.06. The topological polar surface area (TPSA) is 20.7 Å². The van der Waals surface area contributed by atoms with Crippen LogP contribution in [0.5, 0.6) is 0 Å². The molecule has 1 aliphatic rings. The molecule has 0 saturated heterocycles. The zero-order valence-electron chi connectivity index (χ0n) is 10.7. The minimum Gasteiger partial charge on any atom is -0.331 e. The average Bonchev–Trinajstić information content (AvgIpc) is 2.87. The van der Waals surface area contributed by atoms with Crippen LogP contribution in [0.15, 0.2) is 12.1 Å². The van der Waals surface area contributed by atoms with Crippen molar-refractivity contribution < 1.29 is 4.39 Å². The van der Waals surface area contributed by atoms with Crippen molar-refractivity contribution in [3.8, 4) is 0 Å². The van der Waals surface area contributed by atoms with Gasteiger partial charge in [0, 0.05) is 12.6 Å². The van der Waals surface area contributed by atoms with Gasteiger partial charge in [-0.05, 0) is 65.6 Å². The van der Waals surface area contributed by atoms with Crippen molar-refractivity contribution in [3.63, 3.8) is 0 Å². The molecule has 1 N–H and O–H groups in total. The van der Waals surface area contributed by atoms with Crippen molar-refractivity contribution in [2.75, 3.05) is 0 Å². The Kier molecular flexibility index (Phi) is 3.68.